The zero-order chi connectivity index (χ0) is 25.6. The van der Waals surface area contributed by atoms with E-state index < -0.39 is 10.3 Å². The number of methoxy groups -OCH3 is 2. The first kappa shape index (κ1) is 26.1. The number of aromatic hydroxyl groups is 2. The van der Waals surface area contributed by atoms with Crippen LogP contribution in [0.25, 0.3) is 16.5 Å². The van der Waals surface area contributed by atoms with Gasteiger partial charge in [-0.2, -0.15) is 4.65 Å². The second kappa shape index (κ2) is 11.3. The Morgan fingerprint density at radius 2 is 1.69 bits per heavy atom. The number of rotatable bonds is 11. The Labute approximate surface area is 202 Å². The van der Waals surface area contributed by atoms with E-state index in [1.807, 2.05) is 0 Å². The number of phenolic OH excluding ortho intramolecular Hbond substituents is 2. The van der Waals surface area contributed by atoms with Crippen LogP contribution in [0.5, 0.6) is 11.5 Å². The minimum Gasteiger partial charge on any atom is -0.507 e. The number of hydroxylamine groups is 3. The first-order valence-electron chi connectivity index (χ1n) is 11.1. The number of hydrogen-bond donors (Lipinski definition) is 3. The Morgan fingerprint density at radius 1 is 1.03 bits per heavy atom. The van der Waals surface area contributed by atoms with Gasteiger partial charge in [-0.15, -0.1) is 0 Å². The predicted molar refractivity (Wildman–Crippen MR) is 129 cm³/mol. The van der Waals surface area contributed by atoms with Crippen molar-refractivity contribution in [3.8, 4) is 11.5 Å². The van der Waals surface area contributed by atoms with E-state index in [-0.39, 0.29) is 72.4 Å². The number of carbonyl (C=O) groups is 1. The van der Waals surface area contributed by atoms with E-state index in [1.165, 1.54) is 39.4 Å². The van der Waals surface area contributed by atoms with Crippen molar-refractivity contribution in [2.45, 2.75) is 13.5 Å². The molecule has 0 radical (unpaired) electrons. The summed E-state index contributed by atoms with van der Waals surface area (Å²) in [6.45, 7) is 1.97. The topological polar surface area (TPSA) is 126 Å². The summed E-state index contributed by atoms with van der Waals surface area (Å²) in [5.41, 5.74) is 0.114. The van der Waals surface area contributed by atoms with E-state index in [2.05, 4.69) is 0 Å². The number of carbonyl (C=O) groups excluding carboxylic acids is 1. The molecule has 3 aromatic rings. The predicted octanol–water partition coefficient (Wildman–Crippen LogP) is 3.22. The van der Waals surface area contributed by atoms with E-state index in [4.69, 9.17) is 13.9 Å². The molecule has 2 aromatic carbocycles. The highest BCUT2D eigenvalue weighted by Gasteiger charge is 2.30. The number of allylic oxidation sites excluding steroid dienone is 1. The summed E-state index contributed by atoms with van der Waals surface area (Å²) in [6, 6.07) is 11.3. The molecule has 1 heterocycles. The molecule has 1 aromatic heterocycles. The number of quaternary nitrogens is 1. The molecule has 9 nitrogen and oxygen atoms in total. The highest BCUT2D eigenvalue weighted by Crippen LogP contribution is 2.38. The number of ketones is 1. The lowest BCUT2D eigenvalue weighted by atomic mass is 9.94. The van der Waals surface area contributed by atoms with E-state index >= 15 is 0 Å². The van der Waals surface area contributed by atoms with Crippen LogP contribution in [0.1, 0.15) is 23.6 Å². The van der Waals surface area contributed by atoms with Gasteiger partial charge in [0.2, 0.25) is 0 Å². The summed E-state index contributed by atoms with van der Waals surface area (Å²) in [7, 11) is 3.01. The second-order valence-corrected chi connectivity index (χ2v) is 8.30. The molecule has 0 aliphatic carbocycles. The Kier molecular flexibility index (Phi) is 8.42. The molecule has 0 fully saturated rings. The van der Waals surface area contributed by atoms with Crippen LogP contribution in [-0.2, 0) is 20.8 Å². The molecular weight excluding hydrogens is 454 g/mol. The summed E-state index contributed by atoms with van der Waals surface area (Å²) in [4.78, 5) is 24.9. The van der Waals surface area contributed by atoms with Crippen molar-refractivity contribution in [2.75, 3.05) is 40.5 Å². The maximum atomic E-state index is 12.8. The molecule has 9 heteroatoms. The summed E-state index contributed by atoms with van der Waals surface area (Å²) >= 11 is 0. The van der Waals surface area contributed by atoms with E-state index in [9.17, 15) is 25.0 Å². The van der Waals surface area contributed by atoms with Crippen molar-refractivity contribution < 1.29 is 38.8 Å². The van der Waals surface area contributed by atoms with Gasteiger partial charge in [0.15, 0.2) is 5.78 Å². The third-order valence-electron chi connectivity index (χ3n) is 5.70. The highest BCUT2D eigenvalue weighted by molar-refractivity contribution is 6.00. The fourth-order valence-corrected chi connectivity index (χ4v) is 3.84. The van der Waals surface area contributed by atoms with Gasteiger partial charge < -0.3 is 24.1 Å². The third kappa shape index (κ3) is 6.14. The molecule has 0 atom stereocenters. The van der Waals surface area contributed by atoms with Crippen molar-refractivity contribution in [1.82, 2.24) is 0 Å². The number of phenols is 2. The number of nitrogens with zero attached hydrogens (tertiary/aromatic N) is 1. The van der Waals surface area contributed by atoms with Gasteiger partial charge in [0.1, 0.15) is 36.7 Å². The molecule has 0 unspecified atom stereocenters. The lowest BCUT2D eigenvalue weighted by Gasteiger charge is -2.30. The number of ether oxygens (including phenoxy) is 2. The standard InChI is InChI=1S/C26H29NO8/c1-17(28)14-20(21-15-18-6-4-5-7-24(18)35-26(21)31)19-8-9-23(29)22(25(19)30)16-27(32,10-12-33-2)11-13-34-3/h4-9,14-15,32H,10-13,16H2,1-3H3,(H-,28,29,30)/p+1. The molecule has 0 aliphatic heterocycles. The monoisotopic (exact) mass is 484 g/mol. The maximum Gasteiger partial charge on any atom is 0.344 e. The number of hydrogen-bond acceptors (Lipinski definition) is 8. The van der Waals surface area contributed by atoms with E-state index in [0.717, 1.165) is 0 Å². The van der Waals surface area contributed by atoms with E-state index in [0.29, 0.717) is 11.0 Å². The van der Waals surface area contributed by atoms with Crippen LogP contribution < -0.4 is 5.63 Å². The Balaban J connectivity index is 2.15. The van der Waals surface area contributed by atoms with Gasteiger partial charge in [-0.05, 0) is 37.3 Å². The molecule has 0 saturated heterocycles. The Hall–Kier alpha value is -3.50. The summed E-state index contributed by atoms with van der Waals surface area (Å²) < 4.78 is 15.0. The zero-order valence-electron chi connectivity index (χ0n) is 20.0. The number of para-hydroxylation sites is 1. The molecule has 3 rings (SSSR count). The van der Waals surface area contributed by atoms with Gasteiger partial charge in [-0.1, -0.05) is 18.2 Å². The SMILES string of the molecule is COCC[N+](O)(CCOC)Cc1c(O)ccc(/C(=C\C(C)=O)c2cc3ccccc3oc2=O)c1O. The average Bonchev–Trinajstić information content (AvgIpc) is 2.82. The first-order valence-corrected chi connectivity index (χ1v) is 11.1. The van der Waals surface area contributed by atoms with E-state index in [1.54, 1.807) is 30.3 Å². The molecule has 35 heavy (non-hydrogen) atoms. The summed E-state index contributed by atoms with van der Waals surface area (Å²) in [6.07, 6.45) is 1.23. The summed E-state index contributed by atoms with van der Waals surface area (Å²) in [5, 5.41) is 33.5. The molecular formula is C26H30NO8+. The second-order valence-electron chi connectivity index (χ2n) is 8.30. The van der Waals surface area contributed by atoms with Gasteiger partial charge >= 0.3 is 5.63 Å². The van der Waals surface area contributed by atoms with Crippen molar-refractivity contribution in [3.05, 3.63) is 75.7 Å². The molecule has 0 spiro atoms. The number of benzene rings is 2. The van der Waals surface area contributed by atoms with Gasteiger partial charge in [0.05, 0.1) is 24.3 Å². The number of fused-ring (bicyclic) bond motifs is 1. The zero-order valence-corrected chi connectivity index (χ0v) is 20.0. The average molecular weight is 485 g/mol. The lowest BCUT2D eigenvalue weighted by molar-refractivity contribution is -1.11. The van der Waals surface area contributed by atoms with Crippen LogP contribution in [0, 0.1) is 0 Å². The Morgan fingerprint density at radius 3 is 2.31 bits per heavy atom. The fourth-order valence-electron chi connectivity index (χ4n) is 3.84. The minimum atomic E-state index is -0.683. The van der Waals surface area contributed by atoms with Crippen molar-refractivity contribution in [1.29, 1.82) is 0 Å². The van der Waals surface area contributed by atoms with Crippen LogP contribution in [0.3, 0.4) is 0 Å². The van der Waals surface area contributed by atoms with Gasteiger partial charge in [0.25, 0.3) is 0 Å². The normalized spacial score (nSPS) is 12.3. The third-order valence-corrected chi connectivity index (χ3v) is 5.70. The molecule has 0 aliphatic rings. The van der Waals surface area contributed by atoms with Gasteiger partial charge in [-0.25, -0.2) is 10.0 Å². The van der Waals surface area contributed by atoms with Gasteiger partial charge in [-0.3, -0.25) is 4.79 Å². The molecule has 0 saturated carbocycles. The lowest BCUT2D eigenvalue weighted by Crippen LogP contribution is -2.48. The van der Waals surface area contributed by atoms with Crippen molar-refractivity contribution >= 4 is 22.3 Å². The summed E-state index contributed by atoms with van der Waals surface area (Å²) in [5.74, 6) is -0.962. The fraction of sp³-hybridized carbons (Fsp3) is 0.308. The van der Waals surface area contributed by atoms with Gasteiger partial charge in [0, 0.05) is 30.7 Å². The largest absolute Gasteiger partial charge is 0.507 e. The smallest absolute Gasteiger partial charge is 0.344 e. The first-order chi connectivity index (χ1) is 16.7. The van der Waals surface area contributed by atoms with Crippen LogP contribution >= 0.6 is 0 Å². The maximum absolute atomic E-state index is 12.8. The van der Waals surface area contributed by atoms with Crippen LogP contribution in [-0.4, -0.2) is 66.4 Å². The Bertz CT molecular complexity index is 1290. The van der Waals surface area contributed by atoms with Crippen molar-refractivity contribution in [3.63, 3.8) is 0 Å². The van der Waals surface area contributed by atoms with Crippen LogP contribution in [0.4, 0.5) is 0 Å². The molecule has 0 bridgehead atoms. The molecule has 186 valence electrons. The van der Waals surface area contributed by atoms with Crippen molar-refractivity contribution in [2.24, 2.45) is 0 Å². The highest BCUT2D eigenvalue weighted by atomic mass is 16.6. The van der Waals surface area contributed by atoms with Crippen LogP contribution in [0.2, 0.25) is 0 Å². The quantitative estimate of drug-likeness (QED) is 0.164. The molecule has 0 amide bonds. The van der Waals surface area contributed by atoms with Crippen LogP contribution in [0.15, 0.2) is 57.8 Å². The molecule has 3 N–H and O–H groups in total. The minimum absolute atomic E-state index is 0.0526.